The molecule has 170 valence electrons. The number of pyridine rings is 1. The number of benzene rings is 3. The van der Waals surface area contributed by atoms with Crippen molar-refractivity contribution in [1.82, 2.24) is 15.3 Å². The van der Waals surface area contributed by atoms with Crippen LogP contribution in [0.3, 0.4) is 0 Å². The second-order valence-electron chi connectivity index (χ2n) is 8.01. The lowest BCUT2D eigenvalue weighted by Gasteiger charge is -2.13. The lowest BCUT2D eigenvalue weighted by Crippen LogP contribution is -2.26. The molecule has 6 nitrogen and oxygen atoms in total. The zero-order valence-electron chi connectivity index (χ0n) is 19.1. The first-order valence-corrected chi connectivity index (χ1v) is 11.1. The molecule has 0 radical (unpaired) electrons. The van der Waals surface area contributed by atoms with Crippen LogP contribution in [0.4, 0.5) is 0 Å². The van der Waals surface area contributed by atoms with Gasteiger partial charge in [-0.2, -0.15) is 0 Å². The fraction of sp³-hybridized carbons (Fsp3) is 0.143. The van der Waals surface area contributed by atoms with Gasteiger partial charge < -0.3 is 19.8 Å². The summed E-state index contributed by atoms with van der Waals surface area (Å²) in [7, 11) is 3.24. The van der Waals surface area contributed by atoms with Crippen LogP contribution in [0.1, 0.15) is 16.1 Å². The van der Waals surface area contributed by atoms with Gasteiger partial charge in [0.25, 0.3) is 5.91 Å². The van der Waals surface area contributed by atoms with Crippen LogP contribution in [-0.4, -0.2) is 36.6 Å². The Balaban J connectivity index is 1.60. The van der Waals surface area contributed by atoms with E-state index >= 15 is 0 Å². The fourth-order valence-corrected chi connectivity index (χ4v) is 4.21. The Labute approximate surface area is 197 Å². The fourth-order valence-electron chi connectivity index (χ4n) is 4.21. The Morgan fingerprint density at radius 3 is 2.50 bits per heavy atom. The van der Waals surface area contributed by atoms with Gasteiger partial charge in [0.1, 0.15) is 17.2 Å². The molecule has 5 rings (SSSR count). The Morgan fingerprint density at radius 2 is 1.71 bits per heavy atom. The number of rotatable bonds is 7. The molecule has 0 aliphatic rings. The van der Waals surface area contributed by atoms with Gasteiger partial charge in [-0.15, -0.1) is 0 Å². The molecule has 0 saturated carbocycles. The van der Waals surface area contributed by atoms with Crippen LogP contribution in [0.2, 0.25) is 0 Å². The van der Waals surface area contributed by atoms with Crippen molar-refractivity contribution in [2.24, 2.45) is 0 Å². The second kappa shape index (κ2) is 9.27. The van der Waals surface area contributed by atoms with E-state index in [1.807, 2.05) is 66.7 Å². The summed E-state index contributed by atoms with van der Waals surface area (Å²) in [6.07, 6.45) is 0.748. The van der Waals surface area contributed by atoms with Crippen molar-refractivity contribution in [1.29, 1.82) is 0 Å². The van der Waals surface area contributed by atoms with Gasteiger partial charge >= 0.3 is 0 Å². The van der Waals surface area contributed by atoms with Crippen molar-refractivity contribution in [2.75, 3.05) is 20.8 Å². The zero-order chi connectivity index (χ0) is 23.5. The van der Waals surface area contributed by atoms with Crippen LogP contribution >= 0.6 is 0 Å². The molecule has 0 atom stereocenters. The number of methoxy groups -OCH3 is 2. The van der Waals surface area contributed by atoms with Gasteiger partial charge in [-0.3, -0.25) is 4.79 Å². The number of aromatic amines is 1. The summed E-state index contributed by atoms with van der Waals surface area (Å²) in [5.74, 6) is 1.11. The predicted octanol–water partition coefficient (Wildman–Crippen LogP) is 5.37. The normalized spacial score (nSPS) is 11.0. The first kappa shape index (κ1) is 21.5. The lowest BCUT2D eigenvalue weighted by molar-refractivity contribution is 0.0949. The summed E-state index contributed by atoms with van der Waals surface area (Å²) in [5.41, 5.74) is 4.72. The maximum atomic E-state index is 13.2. The Hall–Kier alpha value is -4.32. The van der Waals surface area contributed by atoms with Gasteiger partial charge in [-0.1, -0.05) is 48.5 Å². The van der Waals surface area contributed by atoms with E-state index in [1.54, 1.807) is 14.2 Å². The summed E-state index contributed by atoms with van der Waals surface area (Å²) in [6, 6.07) is 25.5. The molecule has 3 aromatic carbocycles. The number of nitrogens with zero attached hydrogens (tertiary/aromatic N) is 1. The van der Waals surface area contributed by atoms with Gasteiger partial charge in [0.05, 0.1) is 25.4 Å². The van der Waals surface area contributed by atoms with E-state index in [1.165, 1.54) is 5.56 Å². The molecule has 2 aromatic heterocycles. The number of hydrogen-bond donors (Lipinski definition) is 2. The molecule has 2 N–H and O–H groups in total. The number of amides is 1. The summed E-state index contributed by atoms with van der Waals surface area (Å²) >= 11 is 0. The van der Waals surface area contributed by atoms with Crippen LogP contribution in [0.5, 0.6) is 11.5 Å². The summed E-state index contributed by atoms with van der Waals surface area (Å²) < 4.78 is 11.1. The Morgan fingerprint density at radius 1 is 0.912 bits per heavy atom. The third-order valence-corrected chi connectivity index (χ3v) is 5.93. The largest absolute Gasteiger partial charge is 0.497 e. The monoisotopic (exact) mass is 451 g/mol. The van der Waals surface area contributed by atoms with Crippen molar-refractivity contribution in [3.63, 3.8) is 0 Å². The number of H-pyrrole nitrogens is 1. The molecule has 1 amide bonds. The molecule has 5 aromatic rings. The smallest absolute Gasteiger partial charge is 0.269 e. The van der Waals surface area contributed by atoms with Crippen LogP contribution in [0.25, 0.3) is 33.1 Å². The SMILES string of the molecule is COc1ccc(OC)c(-c2nc(C(=O)NCCc3ccccc3)cc3c2[nH]c2ccccc23)c1. The van der Waals surface area contributed by atoms with E-state index in [2.05, 4.69) is 22.4 Å². The number of fused-ring (bicyclic) bond motifs is 3. The molecule has 0 aliphatic heterocycles. The number of carbonyl (C=O) groups is 1. The summed E-state index contributed by atoms with van der Waals surface area (Å²) in [6.45, 7) is 0.522. The summed E-state index contributed by atoms with van der Waals surface area (Å²) in [4.78, 5) is 21.4. The molecule has 34 heavy (non-hydrogen) atoms. The van der Waals surface area contributed by atoms with Crippen molar-refractivity contribution in [3.05, 3.63) is 90.1 Å². The van der Waals surface area contributed by atoms with E-state index in [4.69, 9.17) is 14.5 Å². The van der Waals surface area contributed by atoms with E-state index in [-0.39, 0.29) is 5.91 Å². The highest BCUT2D eigenvalue weighted by Crippen LogP contribution is 2.38. The molecule has 0 fully saturated rings. The molecule has 0 unspecified atom stereocenters. The Kier molecular flexibility index (Phi) is 5.87. The molecular formula is C28H25N3O3. The summed E-state index contributed by atoms with van der Waals surface area (Å²) in [5, 5.41) is 4.97. The van der Waals surface area contributed by atoms with E-state index in [0.717, 1.165) is 33.8 Å². The van der Waals surface area contributed by atoms with Gasteiger partial charge in [0.15, 0.2) is 0 Å². The number of para-hydroxylation sites is 1. The maximum Gasteiger partial charge on any atom is 0.269 e. The van der Waals surface area contributed by atoms with E-state index in [0.29, 0.717) is 29.4 Å². The number of carbonyl (C=O) groups excluding carboxylic acids is 1. The average Bonchev–Trinajstić information content (AvgIpc) is 3.27. The standard InChI is InChI=1S/C28H25N3O3/c1-33-19-12-13-25(34-2)22(16-19)27-26-21(20-10-6-7-11-23(20)30-26)17-24(31-27)28(32)29-15-14-18-8-4-3-5-9-18/h3-13,16-17,30H,14-15H2,1-2H3,(H,29,32). The quantitative estimate of drug-likeness (QED) is 0.349. The topological polar surface area (TPSA) is 76.2 Å². The minimum atomic E-state index is -0.216. The van der Waals surface area contributed by atoms with Crippen molar-refractivity contribution >= 4 is 27.7 Å². The molecule has 0 aliphatic carbocycles. The van der Waals surface area contributed by atoms with Crippen LogP contribution in [0, 0.1) is 0 Å². The van der Waals surface area contributed by atoms with Crippen molar-refractivity contribution < 1.29 is 14.3 Å². The highest BCUT2D eigenvalue weighted by atomic mass is 16.5. The predicted molar refractivity (Wildman–Crippen MR) is 135 cm³/mol. The first-order chi connectivity index (χ1) is 16.7. The van der Waals surface area contributed by atoms with Crippen LogP contribution in [0.15, 0.2) is 78.9 Å². The third kappa shape index (κ3) is 4.06. The molecular weight excluding hydrogens is 426 g/mol. The average molecular weight is 452 g/mol. The van der Waals surface area contributed by atoms with Crippen LogP contribution < -0.4 is 14.8 Å². The molecule has 0 spiro atoms. The number of nitrogens with one attached hydrogen (secondary N) is 2. The van der Waals surface area contributed by atoms with E-state index in [9.17, 15) is 4.79 Å². The van der Waals surface area contributed by atoms with Crippen molar-refractivity contribution in [2.45, 2.75) is 6.42 Å². The van der Waals surface area contributed by atoms with E-state index < -0.39 is 0 Å². The molecule has 0 bridgehead atoms. The Bertz CT molecular complexity index is 1480. The number of hydrogen-bond acceptors (Lipinski definition) is 4. The highest BCUT2D eigenvalue weighted by Gasteiger charge is 2.19. The maximum absolute atomic E-state index is 13.2. The third-order valence-electron chi connectivity index (χ3n) is 5.93. The van der Waals surface area contributed by atoms with Gasteiger partial charge in [-0.25, -0.2) is 4.98 Å². The molecule has 0 saturated heterocycles. The zero-order valence-corrected chi connectivity index (χ0v) is 19.1. The van der Waals surface area contributed by atoms with Gasteiger partial charge in [0.2, 0.25) is 0 Å². The van der Waals surface area contributed by atoms with Crippen LogP contribution in [-0.2, 0) is 6.42 Å². The van der Waals surface area contributed by atoms with Gasteiger partial charge in [0, 0.05) is 28.4 Å². The number of aromatic nitrogens is 2. The van der Waals surface area contributed by atoms with Crippen molar-refractivity contribution in [3.8, 4) is 22.8 Å². The van der Waals surface area contributed by atoms with Gasteiger partial charge in [-0.05, 0) is 42.3 Å². The molecule has 2 heterocycles. The lowest BCUT2D eigenvalue weighted by atomic mass is 10.0. The molecule has 6 heteroatoms. The second-order valence-corrected chi connectivity index (χ2v) is 8.01. The first-order valence-electron chi connectivity index (χ1n) is 11.1. The minimum Gasteiger partial charge on any atom is -0.497 e. The minimum absolute atomic E-state index is 0.216. The highest BCUT2D eigenvalue weighted by molar-refractivity contribution is 6.13. The number of ether oxygens (including phenoxy) is 2.